The molecule has 138 valence electrons. The van der Waals surface area contributed by atoms with E-state index in [2.05, 4.69) is 5.32 Å². The number of carboxylic acid groups (broad SMARTS) is 2. The SMILES string of the molecule is Cc1cc(OCC(=O)NC(CCC(=O)O)C(=O)O)cc(C)c1S(=O)[O-]. The van der Waals surface area contributed by atoms with Crippen molar-refractivity contribution in [2.45, 2.75) is 37.6 Å². The van der Waals surface area contributed by atoms with Crippen molar-refractivity contribution < 1.29 is 38.1 Å². The van der Waals surface area contributed by atoms with Crippen molar-refractivity contribution in [1.82, 2.24) is 5.32 Å². The summed E-state index contributed by atoms with van der Waals surface area (Å²) in [6.07, 6.45) is -0.650. The summed E-state index contributed by atoms with van der Waals surface area (Å²) >= 11 is -2.39. The van der Waals surface area contributed by atoms with Crippen LogP contribution in [0.2, 0.25) is 0 Å². The summed E-state index contributed by atoms with van der Waals surface area (Å²) in [5, 5.41) is 19.7. The first-order valence-corrected chi connectivity index (χ1v) is 8.26. The van der Waals surface area contributed by atoms with E-state index in [1.165, 1.54) is 12.1 Å². The van der Waals surface area contributed by atoms with Gasteiger partial charge in [-0.05, 0) is 54.6 Å². The van der Waals surface area contributed by atoms with Crippen LogP contribution in [-0.4, -0.2) is 49.5 Å². The summed E-state index contributed by atoms with van der Waals surface area (Å²) in [7, 11) is 0. The van der Waals surface area contributed by atoms with Gasteiger partial charge in [0.25, 0.3) is 5.91 Å². The third kappa shape index (κ3) is 6.51. The van der Waals surface area contributed by atoms with E-state index in [0.29, 0.717) is 11.1 Å². The highest BCUT2D eigenvalue weighted by molar-refractivity contribution is 7.79. The van der Waals surface area contributed by atoms with Gasteiger partial charge in [0, 0.05) is 11.3 Å². The van der Waals surface area contributed by atoms with Gasteiger partial charge in [-0.2, -0.15) is 0 Å². The Morgan fingerprint density at radius 2 is 1.80 bits per heavy atom. The van der Waals surface area contributed by atoms with Gasteiger partial charge in [0.15, 0.2) is 6.61 Å². The van der Waals surface area contributed by atoms with Crippen molar-refractivity contribution in [3.05, 3.63) is 23.3 Å². The van der Waals surface area contributed by atoms with Crippen molar-refractivity contribution in [3.8, 4) is 5.75 Å². The molecule has 9 nitrogen and oxygen atoms in total. The number of carbonyl (C=O) groups is 3. The molecule has 0 radical (unpaired) electrons. The minimum atomic E-state index is -2.39. The molecule has 25 heavy (non-hydrogen) atoms. The Balaban J connectivity index is 2.68. The molecule has 2 atom stereocenters. The lowest BCUT2D eigenvalue weighted by molar-refractivity contribution is -0.143. The van der Waals surface area contributed by atoms with Crippen LogP contribution in [0.25, 0.3) is 0 Å². The molecule has 1 aromatic rings. The van der Waals surface area contributed by atoms with Crippen molar-refractivity contribution in [3.63, 3.8) is 0 Å². The van der Waals surface area contributed by atoms with E-state index in [9.17, 15) is 23.1 Å². The maximum atomic E-state index is 11.8. The average Bonchev–Trinajstić information content (AvgIpc) is 2.47. The first-order valence-electron chi connectivity index (χ1n) is 7.19. The summed E-state index contributed by atoms with van der Waals surface area (Å²) in [6.45, 7) is 2.67. The lowest BCUT2D eigenvalue weighted by Crippen LogP contribution is -2.43. The number of aliphatic carboxylic acids is 2. The lowest BCUT2D eigenvalue weighted by atomic mass is 10.1. The van der Waals surface area contributed by atoms with Gasteiger partial charge in [0.2, 0.25) is 0 Å². The number of aryl methyl sites for hydroxylation is 2. The Bertz CT molecular complexity index is 680. The highest BCUT2D eigenvalue weighted by Crippen LogP contribution is 2.24. The second-order valence-corrected chi connectivity index (χ2v) is 6.18. The minimum absolute atomic E-state index is 0.149. The summed E-state index contributed by atoms with van der Waals surface area (Å²) < 4.78 is 27.5. The molecule has 0 aliphatic carbocycles. The minimum Gasteiger partial charge on any atom is -0.768 e. The number of nitrogens with one attached hydrogen (secondary N) is 1. The molecule has 0 saturated heterocycles. The Morgan fingerprint density at radius 1 is 1.24 bits per heavy atom. The predicted molar refractivity (Wildman–Crippen MR) is 85.0 cm³/mol. The maximum absolute atomic E-state index is 11.8. The number of rotatable bonds is 9. The van der Waals surface area contributed by atoms with E-state index in [0.717, 1.165) is 0 Å². The van der Waals surface area contributed by atoms with Gasteiger partial charge in [0.05, 0.1) is 0 Å². The van der Waals surface area contributed by atoms with Crippen LogP contribution in [0, 0.1) is 13.8 Å². The number of ether oxygens (including phenoxy) is 1. The number of hydrogen-bond donors (Lipinski definition) is 3. The van der Waals surface area contributed by atoms with E-state index in [-0.39, 0.29) is 17.1 Å². The summed E-state index contributed by atoms with van der Waals surface area (Å²) in [5.41, 5.74) is 0.905. The Morgan fingerprint density at radius 3 is 2.24 bits per heavy atom. The first kappa shape index (κ1) is 20.6. The highest BCUT2D eigenvalue weighted by atomic mass is 32.2. The molecule has 0 spiro atoms. The topological polar surface area (TPSA) is 153 Å². The fraction of sp³-hybridized carbons (Fsp3) is 0.400. The smallest absolute Gasteiger partial charge is 0.326 e. The molecule has 2 unspecified atom stereocenters. The third-order valence-corrected chi connectivity index (χ3v) is 4.23. The van der Waals surface area contributed by atoms with Gasteiger partial charge in [-0.25, -0.2) is 4.79 Å². The number of carboxylic acids is 2. The zero-order chi connectivity index (χ0) is 19.1. The molecule has 0 aliphatic heterocycles. The normalized spacial score (nSPS) is 12.9. The van der Waals surface area contributed by atoms with E-state index in [1.807, 2.05) is 0 Å². The second kappa shape index (κ2) is 9.14. The lowest BCUT2D eigenvalue weighted by Gasteiger charge is -2.16. The Hall–Kier alpha value is -2.46. The molecule has 3 N–H and O–H groups in total. The molecule has 1 amide bonds. The zero-order valence-electron chi connectivity index (χ0n) is 13.6. The predicted octanol–water partition coefficient (Wildman–Crippen LogP) is 0.354. The Kier molecular flexibility index (Phi) is 7.52. The van der Waals surface area contributed by atoms with Crippen LogP contribution in [0.1, 0.15) is 24.0 Å². The monoisotopic (exact) mass is 372 g/mol. The number of amides is 1. The van der Waals surface area contributed by atoms with E-state index < -0.39 is 48.0 Å². The summed E-state index contributed by atoms with van der Waals surface area (Å²) in [4.78, 5) is 33.4. The average molecular weight is 372 g/mol. The van der Waals surface area contributed by atoms with Crippen molar-refractivity contribution in [2.75, 3.05) is 6.61 Å². The van der Waals surface area contributed by atoms with Crippen LogP contribution in [0.15, 0.2) is 17.0 Å². The largest absolute Gasteiger partial charge is 0.768 e. The fourth-order valence-corrected chi connectivity index (χ4v) is 2.81. The van der Waals surface area contributed by atoms with E-state index in [1.54, 1.807) is 13.8 Å². The fourth-order valence-electron chi connectivity index (χ4n) is 2.17. The number of carbonyl (C=O) groups excluding carboxylic acids is 1. The summed E-state index contributed by atoms with van der Waals surface area (Å²) in [5.74, 6) is -2.98. The molecule has 0 heterocycles. The molecule has 1 aromatic carbocycles. The zero-order valence-corrected chi connectivity index (χ0v) is 14.4. The Labute approximate surface area is 146 Å². The third-order valence-electron chi connectivity index (χ3n) is 3.25. The van der Waals surface area contributed by atoms with Gasteiger partial charge in [-0.1, -0.05) is 0 Å². The van der Waals surface area contributed by atoms with Gasteiger partial charge in [-0.3, -0.25) is 13.8 Å². The first-order chi connectivity index (χ1) is 11.6. The van der Waals surface area contributed by atoms with Gasteiger partial charge in [0.1, 0.15) is 11.8 Å². The molecule has 0 fully saturated rings. The molecule has 0 aliphatic rings. The number of benzene rings is 1. The van der Waals surface area contributed by atoms with Gasteiger partial charge < -0.3 is 24.8 Å². The standard InChI is InChI=1S/C15H19NO8S/c1-8-5-10(6-9(2)14(8)25(22)23)24-7-12(17)16-11(15(20)21)3-4-13(18)19/h5-6,11H,3-4,7H2,1-2H3,(H,16,17)(H,18,19)(H,20,21)(H,22,23)/p-1. The molecule has 0 bridgehead atoms. The van der Waals surface area contributed by atoms with Crippen LogP contribution < -0.4 is 10.1 Å². The molecule has 0 saturated carbocycles. The maximum Gasteiger partial charge on any atom is 0.326 e. The highest BCUT2D eigenvalue weighted by Gasteiger charge is 2.21. The van der Waals surface area contributed by atoms with Gasteiger partial charge >= 0.3 is 11.9 Å². The van der Waals surface area contributed by atoms with E-state index in [4.69, 9.17) is 14.9 Å². The van der Waals surface area contributed by atoms with Crippen LogP contribution >= 0.6 is 0 Å². The second-order valence-electron chi connectivity index (χ2n) is 5.30. The van der Waals surface area contributed by atoms with Crippen LogP contribution in [0.4, 0.5) is 0 Å². The van der Waals surface area contributed by atoms with Crippen molar-refractivity contribution in [1.29, 1.82) is 0 Å². The molecular formula is C15H18NO8S-. The number of hydrogen-bond acceptors (Lipinski definition) is 6. The van der Waals surface area contributed by atoms with Crippen LogP contribution in [0.5, 0.6) is 5.75 Å². The molecular weight excluding hydrogens is 354 g/mol. The van der Waals surface area contributed by atoms with Crippen molar-refractivity contribution in [2.24, 2.45) is 0 Å². The van der Waals surface area contributed by atoms with Crippen LogP contribution in [-0.2, 0) is 25.5 Å². The summed E-state index contributed by atoms with van der Waals surface area (Å²) in [6, 6.07) is 1.57. The van der Waals surface area contributed by atoms with Crippen LogP contribution in [0.3, 0.4) is 0 Å². The molecule has 1 rings (SSSR count). The molecule has 10 heteroatoms. The quantitative estimate of drug-likeness (QED) is 0.525. The van der Waals surface area contributed by atoms with Gasteiger partial charge in [-0.15, -0.1) is 0 Å². The van der Waals surface area contributed by atoms with Crippen molar-refractivity contribution >= 4 is 28.9 Å². The molecule has 0 aromatic heterocycles. The van der Waals surface area contributed by atoms with E-state index >= 15 is 0 Å².